The second-order valence-electron chi connectivity index (χ2n) is 9.31. The number of hydrogen-bond donors (Lipinski definition) is 1. The highest BCUT2D eigenvalue weighted by Gasteiger charge is 2.67. The summed E-state index contributed by atoms with van der Waals surface area (Å²) in [4.78, 5) is 51.3. The quantitative estimate of drug-likeness (QED) is 0.317. The minimum Gasteiger partial charge on any atom is -0.494 e. The summed E-state index contributed by atoms with van der Waals surface area (Å²) in [5, 5.41) is 13.7. The first kappa shape index (κ1) is 20.6. The number of rotatable bonds is 5. The molecule has 3 amide bonds. The lowest BCUT2D eigenvalue weighted by atomic mass is 9.63. The maximum absolute atomic E-state index is 13.3. The van der Waals surface area contributed by atoms with Gasteiger partial charge in [-0.05, 0) is 54.4 Å². The standard InChI is InChI=1S/C25H21N3O6/c1-34-20-10-14(28(32)33)5-8-19(20)26-23(29)12-3-2-4-13(9-12)27-24(30)21-15-6-7-16(18-11-17(15)18)22(21)25(27)31/h2-10,15-18,21-22H,11H2,1H3,(H,26,29). The Kier molecular flexibility index (Phi) is 4.39. The van der Waals surface area contributed by atoms with E-state index in [0.717, 1.165) is 6.42 Å². The van der Waals surface area contributed by atoms with Crippen molar-refractivity contribution in [2.24, 2.45) is 35.5 Å². The van der Waals surface area contributed by atoms with Gasteiger partial charge in [0, 0.05) is 11.6 Å². The first-order chi connectivity index (χ1) is 16.4. The largest absolute Gasteiger partial charge is 0.494 e. The first-order valence-corrected chi connectivity index (χ1v) is 11.2. The van der Waals surface area contributed by atoms with Gasteiger partial charge in [-0.2, -0.15) is 0 Å². The van der Waals surface area contributed by atoms with E-state index < -0.39 is 10.8 Å². The Morgan fingerprint density at radius 1 is 1.06 bits per heavy atom. The fraction of sp³-hybridized carbons (Fsp3) is 0.320. The molecule has 2 aromatic carbocycles. The molecule has 6 unspecified atom stereocenters. The lowest BCUT2D eigenvalue weighted by Crippen LogP contribution is -2.40. The van der Waals surface area contributed by atoms with Crippen LogP contribution in [0.15, 0.2) is 54.6 Å². The normalized spacial score (nSPS) is 30.1. The van der Waals surface area contributed by atoms with Crippen molar-refractivity contribution in [3.05, 3.63) is 70.3 Å². The van der Waals surface area contributed by atoms with E-state index in [1.54, 1.807) is 18.2 Å². The van der Waals surface area contributed by atoms with Gasteiger partial charge >= 0.3 is 0 Å². The van der Waals surface area contributed by atoms with Crippen LogP contribution in [-0.2, 0) is 9.59 Å². The average Bonchev–Trinajstić information content (AvgIpc) is 3.62. The van der Waals surface area contributed by atoms with Gasteiger partial charge in [-0.1, -0.05) is 18.2 Å². The Balaban J connectivity index is 1.26. The molecule has 2 aromatic rings. The third-order valence-electron chi connectivity index (χ3n) is 7.67. The molecule has 2 bridgehead atoms. The van der Waals surface area contributed by atoms with Crippen molar-refractivity contribution in [2.75, 3.05) is 17.3 Å². The summed E-state index contributed by atoms with van der Waals surface area (Å²) >= 11 is 0. The highest BCUT2D eigenvalue weighted by Crippen LogP contribution is 2.65. The Bertz CT molecular complexity index is 1270. The molecular weight excluding hydrogens is 438 g/mol. The second-order valence-corrected chi connectivity index (χ2v) is 9.31. The molecule has 5 aliphatic rings. The minimum absolute atomic E-state index is 0.127. The zero-order chi connectivity index (χ0) is 23.7. The smallest absolute Gasteiger partial charge is 0.273 e. The number of hydrogen-bond acceptors (Lipinski definition) is 6. The van der Waals surface area contributed by atoms with Crippen LogP contribution >= 0.6 is 0 Å². The van der Waals surface area contributed by atoms with E-state index in [-0.39, 0.29) is 58.2 Å². The summed E-state index contributed by atoms with van der Waals surface area (Å²) in [7, 11) is 1.35. The van der Waals surface area contributed by atoms with Gasteiger partial charge in [0.1, 0.15) is 5.75 Å². The van der Waals surface area contributed by atoms with Gasteiger partial charge < -0.3 is 10.1 Å². The summed E-state index contributed by atoms with van der Waals surface area (Å²) in [6, 6.07) is 10.3. The molecule has 6 atom stereocenters. The van der Waals surface area contributed by atoms with Gasteiger partial charge in [-0.25, -0.2) is 4.90 Å². The van der Waals surface area contributed by atoms with Gasteiger partial charge in [0.15, 0.2) is 0 Å². The first-order valence-electron chi connectivity index (χ1n) is 11.2. The Morgan fingerprint density at radius 2 is 1.74 bits per heavy atom. The topological polar surface area (TPSA) is 119 Å². The number of allylic oxidation sites excluding steroid dienone is 2. The number of non-ortho nitro benzene ring substituents is 1. The van der Waals surface area contributed by atoms with Crippen LogP contribution in [0.3, 0.4) is 0 Å². The van der Waals surface area contributed by atoms with Gasteiger partial charge in [0.05, 0.1) is 41.3 Å². The number of carbonyl (C=O) groups is 3. The van der Waals surface area contributed by atoms with Gasteiger partial charge in [-0.3, -0.25) is 24.5 Å². The highest BCUT2D eigenvalue weighted by molar-refractivity contribution is 6.23. The highest BCUT2D eigenvalue weighted by atomic mass is 16.6. The monoisotopic (exact) mass is 459 g/mol. The molecule has 4 aliphatic carbocycles. The maximum atomic E-state index is 13.3. The van der Waals surface area contributed by atoms with E-state index in [4.69, 9.17) is 4.74 Å². The van der Waals surface area contributed by atoms with Gasteiger partial charge in [0.2, 0.25) is 11.8 Å². The zero-order valence-corrected chi connectivity index (χ0v) is 18.2. The van der Waals surface area contributed by atoms with Crippen molar-refractivity contribution in [1.82, 2.24) is 0 Å². The van der Waals surface area contributed by atoms with E-state index in [1.807, 2.05) is 0 Å². The number of nitrogens with zero attached hydrogens (tertiary/aromatic N) is 2. The Labute approximate surface area is 194 Å². The van der Waals surface area contributed by atoms with Crippen LogP contribution in [-0.4, -0.2) is 29.8 Å². The Morgan fingerprint density at radius 3 is 2.35 bits per heavy atom. The zero-order valence-electron chi connectivity index (χ0n) is 18.2. The number of amides is 3. The fourth-order valence-electron chi connectivity index (χ4n) is 6.09. The molecular formula is C25H21N3O6. The number of carbonyl (C=O) groups excluding carboxylic acids is 3. The van der Waals surface area contributed by atoms with Crippen LogP contribution in [0, 0.1) is 45.6 Å². The molecule has 7 rings (SSSR count). The van der Waals surface area contributed by atoms with E-state index >= 15 is 0 Å². The number of ether oxygens (including phenoxy) is 1. The van der Waals surface area contributed by atoms with Crippen molar-refractivity contribution in [1.29, 1.82) is 0 Å². The third kappa shape index (κ3) is 2.89. The number of nitrogens with one attached hydrogen (secondary N) is 1. The number of methoxy groups -OCH3 is 1. The maximum Gasteiger partial charge on any atom is 0.273 e. The molecule has 9 nitrogen and oxygen atoms in total. The molecule has 1 heterocycles. The van der Waals surface area contributed by atoms with Crippen molar-refractivity contribution in [2.45, 2.75) is 6.42 Å². The number of nitro groups is 1. The molecule has 0 radical (unpaired) electrons. The van der Waals surface area contributed by atoms with Crippen LogP contribution < -0.4 is 15.0 Å². The van der Waals surface area contributed by atoms with Crippen LogP contribution in [0.4, 0.5) is 17.1 Å². The molecule has 1 aliphatic heterocycles. The molecule has 34 heavy (non-hydrogen) atoms. The predicted molar refractivity (Wildman–Crippen MR) is 121 cm³/mol. The summed E-state index contributed by atoms with van der Waals surface area (Å²) < 4.78 is 5.18. The number of anilines is 2. The lowest BCUT2D eigenvalue weighted by molar-refractivity contribution is -0.384. The lowest BCUT2D eigenvalue weighted by Gasteiger charge is -2.37. The van der Waals surface area contributed by atoms with E-state index in [9.17, 15) is 24.5 Å². The molecule has 9 heteroatoms. The van der Waals surface area contributed by atoms with Crippen molar-refractivity contribution < 1.29 is 24.0 Å². The molecule has 2 saturated carbocycles. The van der Waals surface area contributed by atoms with Crippen molar-refractivity contribution in [3.8, 4) is 5.75 Å². The molecule has 0 aromatic heterocycles. The number of nitro benzene ring substituents is 1. The fourth-order valence-corrected chi connectivity index (χ4v) is 6.09. The Hall–Kier alpha value is -4.01. The van der Waals surface area contributed by atoms with E-state index in [0.29, 0.717) is 17.5 Å². The summed E-state index contributed by atoms with van der Waals surface area (Å²) in [5.74, 6) is -0.0546. The molecule has 172 valence electrons. The van der Waals surface area contributed by atoms with Crippen LogP contribution in [0.2, 0.25) is 0 Å². The molecule has 0 spiro atoms. The van der Waals surface area contributed by atoms with Crippen LogP contribution in [0.25, 0.3) is 0 Å². The molecule has 1 N–H and O–H groups in total. The minimum atomic E-state index is -0.551. The second kappa shape index (κ2) is 7.24. The molecule has 3 fully saturated rings. The molecule has 1 saturated heterocycles. The summed E-state index contributed by atoms with van der Waals surface area (Å²) in [6.45, 7) is 0. The summed E-state index contributed by atoms with van der Waals surface area (Å²) in [5.41, 5.74) is 0.730. The third-order valence-corrected chi connectivity index (χ3v) is 7.67. The van der Waals surface area contributed by atoms with Crippen molar-refractivity contribution in [3.63, 3.8) is 0 Å². The van der Waals surface area contributed by atoms with E-state index in [2.05, 4.69) is 17.5 Å². The SMILES string of the molecule is COc1cc([N+](=O)[O-])ccc1NC(=O)c1cccc(N2C(=O)C3C4C=CC(C5CC45)C3C2=O)c1. The van der Waals surface area contributed by atoms with Crippen LogP contribution in [0.5, 0.6) is 5.75 Å². The van der Waals surface area contributed by atoms with Crippen LogP contribution in [0.1, 0.15) is 16.8 Å². The van der Waals surface area contributed by atoms with E-state index in [1.165, 1.54) is 36.3 Å². The van der Waals surface area contributed by atoms with Gasteiger partial charge in [0.25, 0.3) is 11.6 Å². The average molecular weight is 459 g/mol. The predicted octanol–water partition coefficient (Wildman–Crippen LogP) is 3.41. The van der Waals surface area contributed by atoms with Crippen molar-refractivity contribution >= 4 is 34.8 Å². The van der Waals surface area contributed by atoms with Gasteiger partial charge in [-0.15, -0.1) is 0 Å². The summed E-state index contributed by atoms with van der Waals surface area (Å²) in [6.07, 6.45) is 5.34. The number of benzene rings is 2. The number of imide groups is 1.